The molecule has 1 aliphatic carbocycles. The van der Waals surface area contributed by atoms with Crippen molar-refractivity contribution in [3.8, 4) is 0 Å². The first kappa shape index (κ1) is 16.9. The van der Waals surface area contributed by atoms with E-state index in [2.05, 4.69) is 15.0 Å². The zero-order valence-electron chi connectivity index (χ0n) is 13.4. The Balaban J connectivity index is 1.63. The lowest BCUT2D eigenvalue weighted by Gasteiger charge is -2.22. The Kier molecular flexibility index (Phi) is 5.11. The molecule has 0 aliphatic heterocycles. The molecule has 7 heteroatoms. The number of carbonyl (C=O) groups is 1. The number of nitrogens with one attached hydrogen (secondary N) is 2. The van der Waals surface area contributed by atoms with Gasteiger partial charge in [0.15, 0.2) is 0 Å². The van der Waals surface area contributed by atoms with Crippen LogP contribution in [0.15, 0.2) is 41.4 Å². The van der Waals surface area contributed by atoms with Gasteiger partial charge in [-0.05, 0) is 37.1 Å². The largest absolute Gasteiger partial charge is 0.352 e. The average Bonchev–Trinajstić information content (AvgIpc) is 2.60. The van der Waals surface area contributed by atoms with Gasteiger partial charge in [0, 0.05) is 17.6 Å². The van der Waals surface area contributed by atoms with Crippen LogP contribution in [0.3, 0.4) is 0 Å². The number of sulfonamides is 1. The van der Waals surface area contributed by atoms with E-state index in [4.69, 9.17) is 0 Å². The normalized spacial score (nSPS) is 16.2. The third-order valence-electron chi connectivity index (χ3n) is 4.28. The van der Waals surface area contributed by atoms with Gasteiger partial charge in [-0.3, -0.25) is 9.78 Å². The fourth-order valence-electron chi connectivity index (χ4n) is 2.99. The highest BCUT2D eigenvalue weighted by atomic mass is 32.2. The van der Waals surface area contributed by atoms with E-state index in [-0.39, 0.29) is 23.4 Å². The Morgan fingerprint density at radius 2 is 1.96 bits per heavy atom. The summed E-state index contributed by atoms with van der Waals surface area (Å²) in [5.74, 6) is -0.284. The fraction of sp³-hybridized carbons (Fsp3) is 0.412. The molecule has 0 bridgehead atoms. The monoisotopic (exact) mass is 347 g/mol. The number of amides is 1. The summed E-state index contributed by atoms with van der Waals surface area (Å²) in [6.45, 7) is -0.246. The van der Waals surface area contributed by atoms with Crippen LogP contribution in [0.4, 0.5) is 0 Å². The lowest BCUT2D eigenvalue weighted by molar-refractivity contribution is -0.120. The van der Waals surface area contributed by atoms with Crippen LogP contribution < -0.4 is 10.0 Å². The molecule has 2 N–H and O–H groups in total. The molecule has 0 spiro atoms. The maximum Gasteiger partial charge on any atom is 0.241 e. The maximum atomic E-state index is 12.4. The Morgan fingerprint density at radius 3 is 2.75 bits per heavy atom. The predicted molar refractivity (Wildman–Crippen MR) is 91.9 cm³/mol. The van der Waals surface area contributed by atoms with Gasteiger partial charge in [-0.2, -0.15) is 0 Å². The predicted octanol–water partition coefficient (Wildman–Crippen LogP) is 1.96. The van der Waals surface area contributed by atoms with Crippen LogP contribution >= 0.6 is 0 Å². The molecule has 1 heterocycles. The van der Waals surface area contributed by atoms with Crippen LogP contribution in [0.25, 0.3) is 10.9 Å². The highest BCUT2D eigenvalue weighted by Gasteiger charge is 2.19. The molecule has 128 valence electrons. The van der Waals surface area contributed by atoms with Crippen molar-refractivity contribution in [1.29, 1.82) is 0 Å². The molecule has 1 aromatic carbocycles. The quantitative estimate of drug-likeness (QED) is 0.865. The molecule has 24 heavy (non-hydrogen) atoms. The smallest absolute Gasteiger partial charge is 0.241 e. The van der Waals surface area contributed by atoms with E-state index in [1.807, 2.05) is 0 Å². The van der Waals surface area contributed by atoms with Crippen LogP contribution in [-0.2, 0) is 14.8 Å². The van der Waals surface area contributed by atoms with Crippen molar-refractivity contribution in [2.24, 2.45) is 0 Å². The SMILES string of the molecule is O=C(CNS(=O)(=O)c1ccc2ncccc2c1)NC1CCCCC1. The van der Waals surface area contributed by atoms with Crippen LogP contribution in [0.1, 0.15) is 32.1 Å². The number of rotatable bonds is 5. The molecule has 0 radical (unpaired) electrons. The van der Waals surface area contributed by atoms with E-state index in [1.165, 1.54) is 12.5 Å². The van der Waals surface area contributed by atoms with Gasteiger partial charge in [0.2, 0.25) is 15.9 Å². The first-order valence-corrected chi connectivity index (χ1v) is 9.67. The molecule has 6 nitrogen and oxygen atoms in total. The summed E-state index contributed by atoms with van der Waals surface area (Å²) in [4.78, 5) is 16.3. The molecule has 0 saturated heterocycles. The number of carbonyl (C=O) groups excluding carboxylic acids is 1. The van der Waals surface area contributed by atoms with Gasteiger partial charge in [0.1, 0.15) is 0 Å². The van der Waals surface area contributed by atoms with Crippen LogP contribution in [0, 0.1) is 0 Å². The minimum Gasteiger partial charge on any atom is -0.352 e. The summed E-state index contributed by atoms with van der Waals surface area (Å²) in [5, 5.41) is 3.64. The zero-order chi connectivity index (χ0) is 17.0. The summed E-state index contributed by atoms with van der Waals surface area (Å²) in [6, 6.07) is 8.44. The maximum absolute atomic E-state index is 12.4. The van der Waals surface area contributed by atoms with E-state index >= 15 is 0 Å². The van der Waals surface area contributed by atoms with Crippen molar-refractivity contribution < 1.29 is 13.2 Å². The second kappa shape index (κ2) is 7.27. The van der Waals surface area contributed by atoms with Crippen molar-refractivity contribution in [3.63, 3.8) is 0 Å². The summed E-state index contributed by atoms with van der Waals surface area (Å²) in [5.41, 5.74) is 0.728. The number of hydrogen-bond acceptors (Lipinski definition) is 4. The molecule has 0 atom stereocenters. The molecule has 1 fully saturated rings. The van der Waals surface area contributed by atoms with E-state index in [0.717, 1.165) is 36.6 Å². The van der Waals surface area contributed by atoms with Crippen molar-refractivity contribution >= 4 is 26.8 Å². The van der Waals surface area contributed by atoms with E-state index in [1.54, 1.807) is 30.5 Å². The van der Waals surface area contributed by atoms with Gasteiger partial charge in [-0.1, -0.05) is 25.3 Å². The first-order valence-electron chi connectivity index (χ1n) is 8.18. The third kappa shape index (κ3) is 4.10. The van der Waals surface area contributed by atoms with Crippen molar-refractivity contribution in [3.05, 3.63) is 36.5 Å². The Bertz CT molecular complexity index is 830. The van der Waals surface area contributed by atoms with E-state index in [0.29, 0.717) is 0 Å². The van der Waals surface area contributed by atoms with E-state index in [9.17, 15) is 13.2 Å². The van der Waals surface area contributed by atoms with Gasteiger partial charge in [-0.25, -0.2) is 13.1 Å². The first-order chi connectivity index (χ1) is 11.5. The molecular formula is C17H21N3O3S. The zero-order valence-corrected chi connectivity index (χ0v) is 14.2. The van der Waals surface area contributed by atoms with Gasteiger partial charge in [0.05, 0.1) is 17.0 Å². The number of fused-ring (bicyclic) bond motifs is 1. The van der Waals surface area contributed by atoms with Gasteiger partial charge >= 0.3 is 0 Å². The Morgan fingerprint density at radius 1 is 1.17 bits per heavy atom. The summed E-state index contributed by atoms with van der Waals surface area (Å²) in [7, 11) is -3.73. The number of aromatic nitrogens is 1. The summed E-state index contributed by atoms with van der Waals surface area (Å²) < 4.78 is 27.1. The topological polar surface area (TPSA) is 88.2 Å². The van der Waals surface area contributed by atoms with Crippen LogP contribution in [-0.4, -0.2) is 31.9 Å². The molecule has 1 amide bonds. The second-order valence-electron chi connectivity index (χ2n) is 6.08. The van der Waals surface area contributed by atoms with Crippen molar-refractivity contribution in [1.82, 2.24) is 15.0 Å². The Hall–Kier alpha value is -1.99. The standard InChI is InChI=1S/C17H21N3O3S/c21-17(20-14-6-2-1-3-7-14)12-19-24(22,23)15-8-9-16-13(11-15)5-4-10-18-16/h4-5,8-11,14,19H,1-3,6-7,12H2,(H,20,21). The number of nitrogens with zero attached hydrogens (tertiary/aromatic N) is 1. The molecule has 2 aromatic rings. The van der Waals surface area contributed by atoms with Crippen molar-refractivity contribution in [2.45, 2.75) is 43.0 Å². The summed E-state index contributed by atoms with van der Waals surface area (Å²) >= 11 is 0. The highest BCUT2D eigenvalue weighted by Crippen LogP contribution is 2.18. The van der Waals surface area contributed by atoms with Crippen molar-refractivity contribution in [2.75, 3.05) is 6.54 Å². The molecular weight excluding hydrogens is 326 g/mol. The lowest BCUT2D eigenvalue weighted by Crippen LogP contribution is -2.42. The average molecular weight is 347 g/mol. The minimum absolute atomic E-state index is 0.133. The van der Waals surface area contributed by atoms with Crippen LogP contribution in [0.2, 0.25) is 0 Å². The number of benzene rings is 1. The third-order valence-corrected chi connectivity index (χ3v) is 5.68. The minimum atomic E-state index is -3.73. The number of hydrogen-bond donors (Lipinski definition) is 2. The molecule has 0 unspecified atom stereocenters. The van der Waals surface area contributed by atoms with Gasteiger partial charge < -0.3 is 5.32 Å². The Labute approximate surface area is 141 Å². The molecule has 3 rings (SSSR count). The molecule has 1 aromatic heterocycles. The molecule has 1 saturated carbocycles. The highest BCUT2D eigenvalue weighted by molar-refractivity contribution is 7.89. The fourth-order valence-corrected chi connectivity index (χ4v) is 4.01. The van der Waals surface area contributed by atoms with Crippen LogP contribution in [0.5, 0.6) is 0 Å². The second-order valence-corrected chi connectivity index (χ2v) is 7.85. The lowest BCUT2D eigenvalue weighted by atomic mass is 9.95. The van der Waals surface area contributed by atoms with Gasteiger partial charge in [-0.15, -0.1) is 0 Å². The van der Waals surface area contributed by atoms with Gasteiger partial charge in [0.25, 0.3) is 0 Å². The number of pyridine rings is 1. The molecule has 1 aliphatic rings. The van der Waals surface area contributed by atoms with E-state index < -0.39 is 10.0 Å². The summed E-state index contributed by atoms with van der Waals surface area (Å²) in [6.07, 6.45) is 7.02.